The van der Waals surface area contributed by atoms with E-state index in [1.54, 1.807) is 24.3 Å². The zero-order valence-electron chi connectivity index (χ0n) is 30.1. The van der Waals surface area contributed by atoms with Gasteiger partial charge in [0.1, 0.15) is 24.4 Å². The van der Waals surface area contributed by atoms with Crippen molar-refractivity contribution in [3.63, 3.8) is 0 Å². The van der Waals surface area contributed by atoms with Gasteiger partial charge < -0.3 is 18.9 Å². The van der Waals surface area contributed by atoms with Crippen LogP contribution in [0.25, 0.3) is 0 Å². The quantitative estimate of drug-likeness (QED) is 0.0705. The Balaban J connectivity index is 1.83. The van der Waals surface area contributed by atoms with Crippen molar-refractivity contribution < 1.29 is 28.5 Å². The van der Waals surface area contributed by atoms with Crippen LogP contribution in [-0.2, 0) is 18.9 Å². The number of rotatable bonds is 22. The van der Waals surface area contributed by atoms with Crippen LogP contribution in [0.15, 0.2) is 109 Å². The van der Waals surface area contributed by atoms with E-state index in [2.05, 4.69) is 50.3 Å². The minimum Gasteiger partial charge on any atom is -0.456 e. The van der Waals surface area contributed by atoms with Crippen LogP contribution in [0.4, 0.5) is 0 Å². The molecule has 3 rings (SSSR count). The van der Waals surface area contributed by atoms with Crippen LogP contribution >= 0.6 is 0 Å². The molecule has 266 valence electrons. The zero-order valence-corrected chi connectivity index (χ0v) is 30.1. The molecule has 6 nitrogen and oxygen atoms in total. The standard InChI is InChI=1S/C43H58O6/c1-5-7-9-11-13-15-17-19-27-33-37(46-41(44)35-29-23-21-24-30-35)39-40(49-43(3,4)48-39)38(47-42(45)36-31-25-22-26-32-36)34-28-20-18-16-14-12-10-8-6-2/h13-16,19-32,37-40H,5-12,17-18,33-34H2,1-4H3/b15-13-,16-14-,27-19-,28-20-/t37-,38-,39+,40+/m0/s1. The van der Waals surface area contributed by atoms with Gasteiger partial charge in [-0.3, -0.25) is 0 Å². The number of hydrogen-bond donors (Lipinski definition) is 0. The molecule has 2 aromatic rings. The van der Waals surface area contributed by atoms with E-state index in [9.17, 15) is 9.59 Å². The summed E-state index contributed by atoms with van der Waals surface area (Å²) >= 11 is 0. The second-order valence-corrected chi connectivity index (χ2v) is 13.0. The Morgan fingerprint density at radius 2 is 1.00 bits per heavy atom. The third kappa shape index (κ3) is 15.1. The van der Waals surface area contributed by atoms with Crippen molar-refractivity contribution in [2.24, 2.45) is 0 Å². The summed E-state index contributed by atoms with van der Waals surface area (Å²) < 4.78 is 25.3. The van der Waals surface area contributed by atoms with E-state index in [-0.39, 0.29) is 0 Å². The highest BCUT2D eigenvalue weighted by molar-refractivity contribution is 5.90. The minimum absolute atomic E-state index is 0.418. The fourth-order valence-corrected chi connectivity index (χ4v) is 5.71. The summed E-state index contributed by atoms with van der Waals surface area (Å²) in [5, 5.41) is 0. The van der Waals surface area contributed by atoms with Crippen molar-refractivity contribution in [3.8, 4) is 0 Å². The van der Waals surface area contributed by atoms with Crippen LogP contribution in [0.2, 0.25) is 0 Å². The van der Waals surface area contributed by atoms with Crippen molar-refractivity contribution >= 4 is 11.9 Å². The molecular formula is C43H58O6. The lowest BCUT2D eigenvalue weighted by molar-refractivity contribution is -0.160. The lowest BCUT2D eigenvalue weighted by Crippen LogP contribution is -2.45. The van der Waals surface area contributed by atoms with Crippen LogP contribution in [0, 0.1) is 0 Å². The molecule has 1 saturated heterocycles. The molecule has 4 atom stereocenters. The van der Waals surface area contributed by atoms with Gasteiger partial charge in [0.25, 0.3) is 0 Å². The molecule has 1 fully saturated rings. The topological polar surface area (TPSA) is 71.1 Å². The highest BCUT2D eigenvalue weighted by atomic mass is 16.8. The normalized spacial score (nSPS) is 18.9. The second kappa shape index (κ2) is 22.8. The molecule has 0 saturated carbocycles. The first-order valence-corrected chi connectivity index (χ1v) is 18.3. The van der Waals surface area contributed by atoms with Gasteiger partial charge in [-0.05, 0) is 76.6 Å². The maximum Gasteiger partial charge on any atom is 0.338 e. The van der Waals surface area contributed by atoms with E-state index in [0.29, 0.717) is 24.0 Å². The molecule has 1 heterocycles. The number of ether oxygens (including phenoxy) is 4. The number of esters is 2. The fourth-order valence-electron chi connectivity index (χ4n) is 5.71. The lowest BCUT2D eigenvalue weighted by atomic mass is 9.97. The van der Waals surface area contributed by atoms with Crippen LogP contribution in [0.1, 0.15) is 125 Å². The average Bonchev–Trinajstić information content (AvgIpc) is 3.44. The van der Waals surface area contributed by atoms with Gasteiger partial charge in [0.15, 0.2) is 5.79 Å². The predicted octanol–water partition coefficient (Wildman–Crippen LogP) is 10.9. The van der Waals surface area contributed by atoms with Gasteiger partial charge in [-0.25, -0.2) is 9.59 Å². The Hall–Kier alpha value is -3.74. The second-order valence-electron chi connectivity index (χ2n) is 13.0. The summed E-state index contributed by atoms with van der Waals surface area (Å²) in [7, 11) is 0. The fraction of sp³-hybridized carbons (Fsp3) is 0.488. The summed E-state index contributed by atoms with van der Waals surface area (Å²) in [6, 6.07) is 17.9. The first kappa shape index (κ1) is 39.7. The van der Waals surface area contributed by atoms with Crippen molar-refractivity contribution in [1.29, 1.82) is 0 Å². The van der Waals surface area contributed by atoms with Crippen molar-refractivity contribution in [3.05, 3.63) is 120 Å². The average molecular weight is 671 g/mol. The molecule has 0 radical (unpaired) electrons. The molecule has 0 unspecified atom stereocenters. The first-order chi connectivity index (χ1) is 23.8. The Bertz CT molecular complexity index is 1230. The number of hydrogen-bond acceptors (Lipinski definition) is 6. The van der Waals surface area contributed by atoms with E-state index in [0.717, 1.165) is 25.7 Å². The molecule has 0 aliphatic carbocycles. The molecule has 0 aromatic heterocycles. The Morgan fingerprint density at radius 1 is 0.612 bits per heavy atom. The molecule has 0 amide bonds. The smallest absolute Gasteiger partial charge is 0.338 e. The van der Waals surface area contributed by atoms with Crippen molar-refractivity contribution in [1.82, 2.24) is 0 Å². The lowest BCUT2D eigenvalue weighted by Gasteiger charge is -2.30. The number of carbonyl (C=O) groups is 2. The van der Waals surface area contributed by atoms with E-state index < -0.39 is 42.1 Å². The number of unbranched alkanes of at least 4 members (excludes halogenated alkanes) is 6. The molecular weight excluding hydrogens is 612 g/mol. The Morgan fingerprint density at radius 3 is 1.39 bits per heavy atom. The van der Waals surface area contributed by atoms with Gasteiger partial charge in [-0.1, -0.05) is 125 Å². The molecule has 1 aliphatic heterocycles. The molecule has 0 N–H and O–H groups in total. The summed E-state index contributed by atoms with van der Waals surface area (Å²) in [6.07, 6.45) is 26.2. The molecule has 2 aromatic carbocycles. The van der Waals surface area contributed by atoms with Gasteiger partial charge in [0, 0.05) is 12.8 Å². The highest BCUT2D eigenvalue weighted by Crippen LogP contribution is 2.36. The van der Waals surface area contributed by atoms with Crippen LogP contribution in [0.3, 0.4) is 0 Å². The Kier molecular flexibility index (Phi) is 18.5. The predicted molar refractivity (Wildman–Crippen MR) is 198 cm³/mol. The zero-order chi connectivity index (χ0) is 35.2. The van der Waals surface area contributed by atoms with Gasteiger partial charge in [0.2, 0.25) is 0 Å². The summed E-state index contributed by atoms with van der Waals surface area (Å²) in [5.74, 6) is -1.87. The van der Waals surface area contributed by atoms with E-state index >= 15 is 0 Å². The maximum atomic E-state index is 13.4. The van der Waals surface area contributed by atoms with Crippen LogP contribution < -0.4 is 0 Å². The summed E-state index contributed by atoms with van der Waals surface area (Å²) in [5.41, 5.74) is 0.915. The highest BCUT2D eigenvalue weighted by Gasteiger charge is 2.50. The van der Waals surface area contributed by atoms with Gasteiger partial charge >= 0.3 is 11.9 Å². The van der Waals surface area contributed by atoms with Gasteiger partial charge in [-0.15, -0.1) is 0 Å². The summed E-state index contributed by atoms with van der Waals surface area (Å²) in [6.45, 7) is 8.09. The molecule has 0 spiro atoms. The van der Waals surface area contributed by atoms with Crippen molar-refractivity contribution in [2.45, 2.75) is 135 Å². The van der Waals surface area contributed by atoms with Crippen LogP contribution in [-0.4, -0.2) is 42.1 Å². The molecule has 6 heteroatoms. The molecule has 49 heavy (non-hydrogen) atoms. The van der Waals surface area contributed by atoms with Gasteiger partial charge in [0.05, 0.1) is 11.1 Å². The third-order valence-corrected chi connectivity index (χ3v) is 8.33. The van der Waals surface area contributed by atoms with Gasteiger partial charge in [-0.2, -0.15) is 0 Å². The first-order valence-electron chi connectivity index (χ1n) is 18.3. The number of carbonyl (C=O) groups excluding carboxylic acids is 2. The molecule has 1 aliphatic rings. The SMILES string of the molecule is CCCCC/C=C\C/C=C\C[C@H](OC(=O)c1ccccc1)[C@H]1OC(C)(C)O[C@@H]1[C@H](C/C=C\C/C=C\CCCCC)OC(=O)c1ccccc1. The van der Waals surface area contributed by atoms with E-state index in [1.165, 1.54) is 38.5 Å². The molecule has 0 bridgehead atoms. The number of allylic oxidation sites excluding steroid dienone is 6. The monoisotopic (exact) mass is 670 g/mol. The summed E-state index contributed by atoms with van der Waals surface area (Å²) in [4.78, 5) is 26.7. The van der Waals surface area contributed by atoms with Crippen LogP contribution in [0.5, 0.6) is 0 Å². The maximum absolute atomic E-state index is 13.4. The van der Waals surface area contributed by atoms with E-state index in [1.807, 2.05) is 62.4 Å². The number of benzene rings is 2. The van der Waals surface area contributed by atoms with Crippen molar-refractivity contribution in [2.75, 3.05) is 0 Å². The largest absolute Gasteiger partial charge is 0.456 e. The Labute approximate surface area is 295 Å². The minimum atomic E-state index is -0.986. The van der Waals surface area contributed by atoms with E-state index in [4.69, 9.17) is 18.9 Å². The third-order valence-electron chi connectivity index (χ3n) is 8.33.